The lowest BCUT2D eigenvalue weighted by molar-refractivity contribution is -0.169. The van der Waals surface area contributed by atoms with Crippen LogP contribution in [-0.4, -0.2) is 19.2 Å². The van der Waals surface area contributed by atoms with Gasteiger partial charge in [-0.2, -0.15) is 0 Å². The average Bonchev–Trinajstić information content (AvgIpc) is 2.59. The molecule has 0 aliphatic heterocycles. The molecule has 0 bridgehead atoms. The molecule has 0 aliphatic rings. The van der Waals surface area contributed by atoms with Crippen molar-refractivity contribution in [3.63, 3.8) is 0 Å². The zero-order valence-electron chi connectivity index (χ0n) is 12.1. The molecule has 0 aromatic heterocycles. The number of rotatable bonds is 8. The van der Waals surface area contributed by atoms with E-state index < -0.39 is 7.60 Å². The van der Waals surface area contributed by atoms with E-state index in [0.717, 1.165) is 6.66 Å². The van der Waals surface area contributed by atoms with Crippen LogP contribution in [0.4, 0.5) is 0 Å². The first-order valence-corrected chi connectivity index (χ1v) is 8.42. The molecule has 23 heavy (non-hydrogen) atoms. The third-order valence-electron chi connectivity index (χ3n) is 2.57. The number of hydrogen-bond donors (Lipinski definition) is 0. The number of aldehydes is 2. The Morgan fingerprint density at radius 1 is 0.739 bits per heavy atom. The van der Waals surface area contributed by atoms with Gasteiger partial charge in [-0.25, -0.2) is 0 Å². The van der Waals surface area contributed by atoms with E-state index in [1.165, 1.54) is 48.5 Å². The number of benzene rings is 2. The lowest BCUT2D eigenvalue weighted by Crippen LogP contribution is -2.01. The van der Waals surface area contributed by atoms with Crippen molar-refractivity contribution in [3.8, 4) is 11.5 Å². The molecule has 0 saturated heterocycles. The molecule has 0 spiro atoms. The molecule has 0 N–H and O–H groups in total. The number of carbonyl (C=O) groups is 2. The molecule has 0 saturated carbocycles. The molecule has 7 nitrogen and oxygen atoms in total. The summed E-state index contributed by atoms with van der Waals surface area (Å²) in [5.41, 5.74) is 0.936. The SMILES string of the molecule is CP(=O)(OOc1ccc(C=O)cc1)OOc1ccc(C=O)cc1. The van der Waals surface area contributed by atoms with Crippen LogP contribution in [0.2, 0.25) is 0 Å². The predicted molar refractivity (Wildman–Crippen MR) is 80.6 cm³/mol. The van der Waals surface area contributed by atoms with Gasteiger partial charge in [-0.05, 0) is 48.5 Å². The summed E-state index contributed by atoms with van der Waals surface area (Å²) in [6.45, 7) is 1.16. The van der Waals surface area contributed by atoms with E-state index in [0.29, 0.717) is 23.7 Å². The van der Waals surface area contributed by atoms with Crippen LogP contribution in [0.3, 0.4) is 0 Å². The Morgan fingerprint density at radius 2 is 1.09 bits per heavy atom. The molecule has 8 heteroatoms. The van der Waals surface area contributed by atoms with Crippen molar-refractivity contribution >= 4 is 20.2 Å². The minimum Gasteiger partial charge on any atom is -0.329 e. The summed E-state index contributed by atoms with van der Waals surface area (Å²) in [6, 6.07) is 11.9. The summed E-state index contributed by atoms with van der Waals surface area (Å²) >= 11 is 0. The van der Waals surface area contributed by atoms with Gasteiger partial charge in [-0.15, -0.1) is 0 Å². The lowest BCUT2D eigenvalue weighted by Gasteiger charge is -2.12. The number of hydrogen-bond acceptors (Lipinski definition) is 7. The predicted octanol–water partition coefficient (Wildman–Crippen LogP) is 3.46. The summed E-state index contributed by atoms with van der Waals surface area (Å²) < 4.78 is 21.4. The Balaban J connectivity index is 1.86. The van der Waals surface area contributed by atoms with E-state index in [-0.39, 0.29) is 11.5 Å². The molecule has 2 aromatic carbocycles. The zero-order valence-corrected chi connectivity index (χ0v) is 13.0. The molecule has 0 atom stereocenters. The second kappa shape index (κ2) is 7.69. The molecule has 0 aliphatic carbocycles. The summed E-state index contributed by atoms with van der Waals surface area (Å²) in [4.78, 5) is 30.8. The van der Waals surface area contributed by atoms with E-state index in [9.17, 15) is 14.2 Å². The third-order valence-corrected chi connectivity index (χ3v) is 3.26. The van der Waals surface area contributed by atoms with Crippen LogP contribution in [0.5, 0.6) is 11.5 Å². The average molecular weight is 336 g/mol. The maximum Gasteiger partial charge on any atom is 0.402 e. The van der Waals surface area contributed by atoms with E-state index in [1.807, 2.05) is 0 Å². The first kappa shape index (κ1) is 16.9. The van der Waals surface area contributed by atoms with Crippen molar-refractivity contribution in [2.45, 2.75) is 0 Å². The Labute approximate surface area is 132 Å². The molecule has 120 valence electrons. The third kappa shape index (κ3) is 5.34. The molecule has 0 heterocycles. The Morgan fingerprint density at radius 3 is 1.39 bits per heavy atom. The largest absolute Gasteiger partial charge is 0.402 e. The highest BCUT2D eigenvalue weighted by Crippen LogP contribution is 2.44. The van der Waals surface area contributed by atoms with Gasteiger partial charge in [0.2, 0.25) is 0 Å². The van der Waals surface area contributed by atoms with Crippen molar-refractivity contribution in [3.05, 3.63) is 59.7 Å². The van der Waals surface area contributed by atoms with Crippen molar-refractivity contribution in [1.82, 2.24) is 0 Å². The monoisotopic (exact) mass is 336 g/mol. The molecule has 0 fully saturated rings. The second-order valence-corrected chi connectivity index (χ2v) is 6.30. The van der Waals surface area contributed by atoms with Gasteiger partial charge in [0.05, 0.1) is 0 Å². The standard InChI is InChI=1S/C15H13O7P/c1-23(18,21-19-14-6-2-12(10-16)3-7-14)22-20-15-8-4-13(11-17)5-9-15/h2-11H,1H3. The molecule has 0 unspecified atom stereocenters. The first-order valence-electron chi connectivity index (χ1n) is 6.43. The smallest absolute Gasteiger partial charge is 0.329 e. The Hall–Kier alpha value is -2.47. The molecule has 2 aromatic rings. The van der Waals surface area contributed by atoms with Gasteiger partial charge in [-0.1, -0.05) is 9.35 Å². The number of carbonyl (C=O) groups excluding carboxylic acids is 2. The molecule has 2 rings (SSSR count). The quantitative estimate of drug-likeness (QED) is 0.316. The van der Waals surface area contributed by atoms with E-state index in [2.05, 4.69) is 0 Å². The maximum absolute atomic E-state index is 12.0. The van der Waals surface area contributed by atoms with E-state index >= 15 is 0 Å². The van der Waals surface area contributed by atoms with Crippen LogP contribution in [0.1, 0.15) is 20.7 Å². The van der Waals surface area contributed by atoms with Crippen LogP contribution in [0.15, 0.2) is 48.5 Å². The van der Waals surface area contributed by atoms with Gasteiger partial charge in [0.25, 0.3) is 0 Å². The van der Waals surface area contributed by atoms with Gasteiger partial charge in [-0.3, -0.25) is 14.2 Å². The van der Waals surface area contributed by atoms with Gasteiger partial charge in [0.1, 0.15) is 12.6 Å². The van der Waals surface area contributed by atoms with Crippen molar-refractivity contribution < 1.29 is 33.3 Å². The van der Waals surface area contributed by atoms with E-state index in [1.54, 1.807) is 0 Å². The summed E-state index contributed by atoms with van der Waals surface area (Å²) in [7, 11) is -3.64. The fourth-order valence-corrected chi connectivity index (χ4v) is 1.91. The maximum atomic E-state index is 12.0. The second-order valence-electron chi connectivity index (χ2n) is 4.46. The fourth-order valence-electron chi connectivity index (χ4n) is 1.44. The summed E-state index contributed by atoms with van der Waals surface area (Å²) in [6.07, 6.45) is 1.37. The van der Waals surface area contributed by atoms with Crippen molar-refractivity contribution in [1.29, 1.82) is 0 Å². The molecule has 0 radical (unpaired) electrons. The summed E-state index contributed by atoms with van der Waals surface area (Å²) in [5.74, 6) is 0.494. The normalized spacial score (nSPS) is 10.8. The highest BCUT2D eigenvalue weighted by molar-refractivity contribution is 7.52. The lowest BCUT2D eigenvalue weighted by atomic mass is 10.2. The highest BCUT2D eigenvalue weighted by Gasteiger charge is 2.22. The van der Waals surface area contributed by atoms with Crippen LogP contribution in [0.25, 0.3) is 0 Å². The van der Waals surface area contributed by atoms with Crippen LogP contribution < -0.4 is 9.78 Å². The Kier molecular flexibility index (Phi) is 5.65. The fraction of sp³-hybridized carbons (Fsp3) is 0.0667. The van der Waals surface area contributed by atoms with Crippen LogP contribution in [-0.2, 0) is 13.9 Å². The highest BCUT2D eigenvalue weighted by atomic mass is 31.2. The van der Waals surface area contributed by atoms with Gasteiger partial charge >= 0.3 is 7.60 Å². The van der Waals surface area contributed by atoms with Crippen LogP contribution >= 0.6 is 7.60 Å². The minimum absolute atomic E-state index is 0.247. The van der Waals surface area contributed by atoms with Gasteiger partial charge in [0.15, 0.2) is 11.5 Å². The molecule has 0 amide bonds. The summed E-state index contributed by atoms with van der Waals surface area (Å²) in [5, 5.41) is 0. The molecular weight excluding hydrogens is 323 g/mol. The Bertz CT molecular complexity index is 650. The van der Waals surface area contributed by atoms with Gasteiger partial charge in [0, 0.05) is 17.8 Å². The topological polar surface area (TPSA) is 88.1 Å². The van der Waals surface area contributed by atoms with Crippen molar-refractivity contribution in [2.24, 2.45) is 0 Å². The minimum atomic E-state index is -3.64. The first-order chi connectivity index (χ1) is 11.0. The zero-order chi connectivity index (χ0) is 16.7. The van der Waals surface area contributed by atoms with Gasteiger partial charge < -0.3 is 9.78 Å². The van der Waals surface area contributed by atoms with Crippen molar-refractivity contribution in [2.75, 3.05) is 6.66 Å². The van der Waals surface area contributed by atoms with E-state index in [4.69, 9.17) is 19.1 Å². The molecular formula is C15H13O7P. The van der Waals surface area contributed by atoms with Crippen LogP contribution in [0, 0.1) is 0 Å².